The van der Waals surface area contributed by atoms with Crippen LogP contribution >= 0.6 is 0 Å². The maximum atomic E-state index is 14.5. The van der Waals surface area contributed by atoms with Gasteiger partial charge in [-0.15, -0.1) is 0 Å². The van der Waals surface area contributed by atoms with Gasteiger partial charge in [-0.05, 0) is 57.2 Å². The number of carbonyl (C=O) groups is 2. The van der Waals surface area contributed by atoms with Gasteiger partial charge in [-0.1, -0.05) is 42.5 Å². The summed E-state index contributed by atoms with van der Waals surface area (Å²) in [4.78, 5) is 37.7. The van der Waals surface area contributed by atoms with E-state index in [1.807, 2.05) is 48.5 Å². The lowest BCUT2D eigenvalue weighted by atomic mass is 9.85. The number of Topliss-reactive ketones (excluding diaryl/α,β-unsaturated/α-hetero) is 1. The Morgan fingerprint density at radius 3 is 2.46 bits per heavy atom. The van der Waals surface area contributed by atoms with Crippen LogP contribution in [-0.2, 0) is 16.0 Å². The number of hydrogen-bond donors (Lipinski definition) is 2. The summed E-state index contributed by atoms with van der Waals surface area (Å²) in [5.41, 5.74) is 0.923. The average molecular weight is 565 g/mol. The van der Waals surface area contributed by atoms with E-state index in [0.717, 1.165) is 18.7 Å². The number of aromatic nitrogens is 2. The minimum atomic E-state index is -1.43. The highest BCUT2D eigenvalue weighted by Crippen LogP contribution is 2.26. The van der Waals surface area contributed by atoms with Crippen molar-refractivity contribution in [3.8, 4) is 0 Å². The number of alkyl halides is 1. The summed E-state index contributed by atoms with van der Waals surface area (Å²) < 4.78 is 19.9. The number of aliphatic hydroxyl groups excluding tert-OH is 1. The van der Waals surface area contributed by atoms with Gasteiger partial charge < -0.3 is 15.2 Å². The zero-order valence-corrected chi connectivity index (χ0v) is 24.0. The monoisotopic (exact) mass is 564 g/mol. The minimum absolute atomic E-state index is 0.00461. The summed E-state index contributed by atoms with van der Waals surface area (Å²) in [5, 5.41) is 14.4. The molecule has 3 aromatic rings. The van der Waals surface area contributed by atoms with Gasteiger partial charge in [0.15, 0.2) is 0 Å². The van der Waals surface area contributed by atoms with E-state index >= 15 is 0 Å². The van der Waals surface area contributed by atoms with E-state index < -0.39 is 29.6 Å². The summed E-state index contributed by atoms with van der Waals surface area (Å²) in [6.07, 6.45) is 1.72. The van der Waals surface area contributed by atoms with E-state index in [0.29, 0.717) is 50.1 Å². The third-order valence-corrected chi connectivity index (χ3v) is 7.61. The summed E-state index contributed by atoms with van der Waals surface area (Å²) in [6.45, 7) is 6.47. The van der Waals surface area contributed by atoms with Gasteiger partial charge >= 0.3 is 0 Å². The van der Waals surface area contributed by atoms with Crippen molar-refractivity contribution in [2.45, 2.75) is 63.8 Å². The van der Waals surface area contributed by atoms with Crippen LogP contribution < -0.4 is 5.32 Å². The number of ketones is 1. The number of morpholine rings is 1. The van der Waals surface area contributed by atoms with Crippen molar-refractivity contribution >= 4 is 22.7 Å². The molecule has 41 heavy (non-hydrogen) atoms. The van der Waals surface area contributed by atoms with Crippen LogP contribution in [0.2, 0.25) is 0 Å². The molecule has 8 nitrogen and oxygen atoms in total. The van der Waals surface area contributed by atoms with Crippen LogP contribution in [0, 0.1) is 5.92 Å². The van der Waals surface area contributed by atoms with Gasteiger partial charge in [0.25, 0.3) is 5.91 Å². The Labute approximate surface area is 241 Å². The molecule has 0 bridgehead atoms. The van der Waals surface area contributed by atoms with Crippen LogP contribution in [-0.4, -0.2) is 82.3 Å². The smallest absolute Gasteiger partial charge is 0.271 e. The summed E-state index contributed by atoms with van der Waals surface area (Å²) >= 11 is 0. The summed E-state index contributed by atoms with van der Waals surface area (Å²) in [5.74, 6) is -0.981. The molecule has 0 unspecified atom stereocenters. The lowest BCUT2D eigenvalue weighted by Crippen LogP contribution is -2.46. The average Bonchev–Trinajstić information content (AvgIpc) is 2.97. The molecule has 3 atom stereocenters. The maximum Gasteiger partial charge on any atom is 0.271 e. The van der Waals surface area contributed by atoms with Crippen LogP contribution in [0.25, 0.3) is 11.0 Å². The molecule has 4 rings (SSSR count). The predicted octanol–water partition coefficient (Wildman–Crippen LogP) is 4.16. The van der Waals surface area contributed by atoms with E-state index in [1.54, 1.807) is 6.07 Å². The van der Waals surface area contributed by atoms with Crippen LogP contribution in [0.1, 0.15) is 55.6 Å². The third kappa shape index (κ3) is 9.66. The van der Waals surface area contributed by atoms with E-state index in [1.165, 1.54) is 20.0 Å². The molecule has 1 aromatic heterocycles. The number of nitrogens with one attached hydrogen (secondary N) is 1. The highest BCUT2D eigenvalue weighted by molar-refractivity contribution is 5.94. The maximum absolute atomic E-state index is 14.5. The Morgan fingerprint density at radius 2 is 1.76 bits per heavy atom. The molecule has 2 aromatic carbocycles. The fraction of sp³-hybridized carbons (Fsp3) is 0.500. The molecule has 220 valence electrons. The standard InChI is InChI=1S/C32H41FN4O4/c1-32(2,33)14-12-24(29(38)13-15-37-16-18-41-19-17-37)21-30(39)27(20-23-8-4-3-5-9-23)36-31(40)28-22-34-25-10-6-7-11-26(25)35-28/h3-11,22,24,27,30,39H,12-21H2,1-2H3,(H,36,40)/t24-,27+,30+/m1/s1. The Bertz CT molecular complexity index is 1280. The van der Waals surface area contributed by atoms with Gasteiger partial charge in [0.2, 0.25) is 0 Å². The number of ether oxygens (including phenoxy) is 1. The highest BCUT2D eigenvalue weighted by Gasteiger charge is 2.30. The second-order valence-corrected chi connectivity index (χ2v) is 11.4. The SMILES string of the molecule is CC(C)(F)CC[C@H](C[C@H](O)[C@H](Cc1ccccc1)NC(=O)c1cnc2ccccc2n1)C(=O)CCN1CCOCC1. The van der Waals surface area contributed by atoms with Gasteiger partial charge in [0.05, 0.1) is 42.6 Å². The molecular formula is C32H41FN4O4. The number of carbonyl (C=O) groups excluding carboxylic acids is 2. The first-order valence-electron chi connectivity index (χ1n) is 14.4. The van der Waals surface area contributed by atoms with Crippen LogP contribution in [0.3, 0.4) is 0 Å². The molecule has 1 amide bonds. The lowest BCUT2D eigenvalue weighted by Gasteiger charge is -2.29. The quantitative estimate of drug-likeness (QED) is 0.303. The van der Waals surface area contributed by atoms with E-state index in [-0.39, 0.29) is 24.3 Å². The largest absolute Gasteiger partial charge is 0.391 e. The first-order chi connectivity index (χ1) is 19.7. The number of benzene rings is 2. The minimum Gasteiger partial charge on any atom is -0.391 e. The predicted molar refractivity (Wildman–Crippen MR) is 156 cm³/mol. The Hall–Kier alpha value is -3.27. The summed E-state index contributed by atoms with van der Waals surface area (Å²) in [6, 6.07) is 16.2. The second kappa shape index (κ2) is 14.6. The van der Waals surface area contributed by atoms with E-state index in [4.69, 9.17) is 4.74 Å². The summed E-state index contributed by atoms with van der Waals surface area (Å²) in [7, 11) is 0. The van der Waals surface area contributed by atoms with Gasteiger partial charge in [-0.3, -0.25) is 19.5 Å². The molecule has 1 fully saturated rings. The number of fused-ring (bicyclic) bond motifs is 1. The van der Waals surface area contributed by atoms with Crippen LogP contribution in [0.5, 0.6) is 0 Å². The van der Waals surface area contributed by atoms with Gasteiger partial charge in [-0.25, -0.2) is 9.37 Å². The first kappa shape index (κ1) is 30.7. The molecule has 0 spiro atoms. The Kier molecular flexibility index (Phi) is 10.9. The van der Waals surface area contributed by atoms with Crippen molar-refractivity contribution < 1.29 is 23.8 Å². The lowest BCUT2D eigenvalue weighted by molar-refractivity contribution is -0.125. The highest BCUT2D eigenvalue weighted by atomic mass is 19.1. The molecule has 1 aliphatic heterocycles. The van der Waals surface area contributed by atoms with Crippen molar-refractivity contribution in [2.75, 3.05) is 32.8 Å². The number of halogens is 1. The van der Waals surface area contributed by atoms with Gasteiger partial charge in [-0.2, -0.15) is 0 Å². The number of amides is 1. The third-order valence-electron chi connectivity index (χ3n) is 7.61. The van der Waals surface area contributed by atoms with Crippen molar-refractivity contribution in [3.63, 3.8) is 0 Å². The van der Waals surface area contributed by atoms with Gasteiger partial charge in [0.1, 0.15) is 17.1 Å². The normalized spacial score (nSPS) is 16.7. The molecule has 1 saturated heterocycles. The first-order valence-corrected chi connectivity index (χ1v) is 14.4. The number of nitrogens with zero attached hydrogens (tertiary/aromatic N) is 3. The number of para-hydroxylation sites is 2. The molecule has 0 radical (unpaired) electrons. The zero-order chi connectivity index (χ0) is 29.2. The topological polar surface area (TPSA) is 105 Å². The molecule has 2 N–H and O–H groups in total. The second-order valence-electron chi connectivity index (χ2n) is 11.4. The fourth-order valence-electron chi connectivity index (χ4n) is 5.14. The zero-order valence-electron chi connectivity index (χ0n) is 24.0. The van der Waals surface area contributed by atoms with Gasteiger partial charge in [0, 0.05) is 32.0 Å². The van der Waals surface area contributed by atoms with Crippen molar-refractivity contribution in [1.82, 2.24) is 20.2 Å². The molecular weight excluding hydrogens is 523 g/mol. The molecule has 0 aliphatic carbocycles. The van der Waals surface area contributed by atoms with Crippen molar-refractivity contribution in [2.24, 2.45) is 5.92 Å². The van der Waals surface area contributed by atoms with Crippen molar-refractivity contribution in [3.05, 3.63) is 72.1 Å². The molecule has 1 aliphatic rings. The van der Waals surface area contributed by atoms with Crippen LogP contribution in [0.4, 0.5) is 4.39 Å². The molecule has 9 heteroatoms. The number of rotatable bonds is 14. The molecule has 2 heterocycles. The number of aliphatic hydroxyl groups is 1. The number of hydrogen-bond acceptors (Lipinski definition) is 7. The van der Waals surface area contributed by atoms with E-state index in [9.17, 15) is 19.1 Å². The van der Waals surface area contributed by atoms with E-state index in [2.05, 4.69) is 20.2 Å². The fourth-order valence-corrected chi connectivity index (χ4v) is 5.14. The molecule has 0 saturated carbocycles. The Balaban J connectivity index is 1.49. The van der Waals surface area contributed by atoms with Crippen LogP contribution in [0.15, 0.2) is 60.8 Å². The Morgan fingerprint density at radius 1 is 1.07 bits per heavy atom. The van der Waals surface area contributed by atoms with Crippen molar-refractivity contribution in [1.29, 1.82) is 0 Å².